The predicted molar refractivity (Wildman–Crippen MR) is 67.2 cm³/mol. The van der Waals surface area contributed by atoms with Crippen molar-refractivity contribution in [3.05, 3.63) is 21.3 Å². The van der Waals surface area contributed by atoms with Gasteiger partial charge in [-0.25, -0.2) is 0 Å². The zero-order valence-electron chi connectivity index (χ0n) is 9.42. The summed E-state index contributed by atoms with van der Waals surface area (Å²) in [5.41, 5.74) is -0.537. The highest BCUT2D eigenvalue weighted by atomic mass is 35.5. The Labute approximate surface area is 104 Å². The largest absolute Gasteiger partial charge is 0.394 e. The fourth-order valence-corrected chi connectivity index (χ4v) is 2.48. The minimum atomic E-state index is -0.537. The summed E-state index contributed by atoms with van der Waals surface area (Å²) in [4.78, 5) is 12.4. The number of rotatable bonds is 5. The Morgan fingerprint density at radius 3 is 2.56 bits per heavy atom. The second-order valence-corrected chi connectivity index (χ2v) is 5.02. The Morgan fingerprint density at radius 1 is 1.56 bits per heavy atom. The summed E-state index contributed by atoms with van der Waals surface area (Å²) in [7, 11) is 0. The van der Waals surface area contributed by atoms with E-state index in [0.717, 1.165) is 0 Å². The number of hydrogen-bond donors (Lipinski definition) is 2. The third-order valence-corrected chi connectivity index (χ3v) is 4.20. The third kappa shape index (κ3) is 2.75. The van der Waals surface area contributed by atoms with Crippen LogP contribution in [-0.4, -0.2) is 23.2 Å². The van der Waals surface area contributed by atoms with Crippen molar-refractivity contribution in [2.75, 3.05) is 6.61 Å². The first-order chi connectivity index (χ1) is 7.58. The summed E-state index contributed by atoms with van der Waals surface area (Å²) in [6.45, 7) is 3.82. The lowest BCUT2D eigenvalue weighted by Gasteiger charge is -2.30. The lowest BCUT2D eigenvalue weighted by Crippen LogP contribution is -2.50. The van der Waals surface area contributed by atoms with Gasteiger partial charge in [-0.3, -0.25) is 4.79 Å². The molecule has 3 nitrogen and oxygen atoms in total. The van der Waals surface area contributed by atoms with Crippen molar-refractivity contribution in [1.29, 1.82) is 0 Å². The van der Waals surface area contributed by atoms with E-state index in [0.29, 0.717) is 22.7 Å². The fourth-order valence-electron chi connectivity index (χ4n) is 1.44. The van der Waals surface area contributed by atoms with Crippen LogP contribution in [-0.2, 0) is 0 Å². The molecule has 1 aromatic rings. The van der Waals surface area contributed by atoms with Crippen molar-refractivity contribution in [3.8, 4) is 0 Å². The molecule has 0 spiro atoms. The Bertz CT molecular complexity index is 352. The molecular weight excluding hydrogens is 246 g/mol. The maximum Gasteiger partial charge on any atom is 0.263 e. The molecule has 0 aliphatic carbocycles. The SMILES string of the molecule is CCC(CC)(CO)NC(=O)c1sccc1Cl. The molecule has 0 atom stereocenters. The highest BCUT2D eigenvalue weighted by Gasteiger charge is 2.28. The first-order valence-electron chi connectivity index (χ1n) is 5.25. The Hall–Kier alpha value is -0.580. The maximum atomic E-state index is 11.9. The molecule has 2 N–H and O–H groups in total. The molecule has 1 aromatic heterocycles. The van der Waals surface area contributed by atoms with Crippen molar-refractivity contribution in [3.63, 3.8) is 0 Å². The molecule has 0 saturated heterocycles. The van der Waals surface area contributed by atoms with E-state index in [4.69, 9.17) is 11.6 Å². The lowest BCUT2D eigenvalue weighted by atomic mass is 9.94. The lowest BCUT2D eigenvalue weighted by molar-refractivity contribution is 0.0822. The first-order valence-corrected chi connectivity index (χ1v) is 6.50. The van der Waals surface area contributed by atoms with Crippen LogP contribution in [0.4, 0.5) is 0 Å². The van der Waals surface area contributed by atoms with Crippen LogP contribution in [0.15, 0.2) is 11.4 Å². The van der Waals surface area contributed by atoms with E-state index < -0.39 is 5.54 Å². The topological polar surface area (TPSA) is 49.3 Å². The second kappa shape index (κ2) is 5.66. The van der Waals surface area contributed by atoms with Gasteiger partial charge in [-0.15, -0.1) is 11.3 Å². The minimum Gasteiger partial charge on any atom is -0.394 e. The molecule has 0 unspecified atom stereocenters. The van der Waals surface area contributed by atoms with Crippen LogP contribution in [0, 0.1) is 0 Å². The monoisotopic (exact) mass is 261 g/mol. The van der Waals surface area contributed by atoms with Crippen LogP contribution < -0.4 is 5.32 Å². The molecule has 1 heterocycles. The standard InChI is InChI=1S/C11H16ClNO2S/c1-3-11(4-2,7-14)13-10(15)9-8(12)5-6-16-9/h5-6,14H,3-4,7H2,1-2H3,(H,13,15). The van der Waals surface area contributed by atoms with Gasteiger partial charge in [0.15, 0.2) is 0 Å². The fraction of sp³-hybridized carbons (Fsp3) is 0.545. The highest BCUT2D eigenvalue weighted by Crippen LogP contribution is 2.23. The number of hydrogen-bond acceptors (Lipinski definition) is 3. The Morgan fingerprint density at radius 2 is 2.19 bits per heavy atom. The normalized spacial score (nSPS) is 11.5. The summed E-state index contributed by atoms with van der Waals surface area (Å²) < 4.78 is 0. The van der Waals surface area contributed by atoms with Crippen LogP contribution in [0.3, 0.4) is 0 Å². The van der Waals surface area contributed by atoms with E-state index in [-0.39, 0.29) is 12.5 Å². The maximum absolute atomic E-state index is 11.9. The van der Waals surface area contributed by atoms with Gasteiger partial charge in [-0.05, 0) is 24.3 Å². The molecule has 16 heavy (non-hydrogen) atoms. The molecule has 1 amide bonds. The Kier molecular flexibility index (Phi) is 4.77. The summed E-state index contributed by atoms with van der Waals surface area (Å²) in [6, 6.07) is 1.69. The van der Waals surface area contributed by atoms with Gasteiger partial charge in [0.05, 0.1) is 17.2 Å². The van der Waals surface area contributed by atoms with E-state index in [1.807, 2.05) is 13.8 Å². The molecule has 90 valence electrons. The van der Waals surface area contributed by atoms with E-state index in [2.05, 4.69) is 5.32 Å². The van der Waals surface area contributed by atoms with Gasteiger partial charge in [0.2, 0.25) is 0 Å². The van der Waals surface area contributed by atoms with Crippen LogP contribution in [0.25, 0.3) is 0 Å². The molecule has 0 saturated carbocycles. The average Bonchev–Trinajstić information content (AvgIpc) is 2.72. The van der Waals surface area contributed by atoms with Crippen molar-refractivity contribution in [1.82, 2.24) is 5.32 Å². The van der Waals surface area contributed by atoms with Gasteiger partial charge < -0.3 is 10.4 Å². The highest BCUT2D eigenvalue weighted by molar-refractivity contribution is 7.12. The zero-order valence-corrected chi connectivity index (χ0v) is 11.0. The van der Waals surface area contributed by atoms with E-state index in [1.165, 1.54) is 11.3 Å². The van der Waals surface area contributed by atoms with Gasteiger partial charge in [0.1, 0.15) is 4.88 Å². The summed E-state index contributed by atoms with van der Waals surface area (Å²) in [6.07, 6.45) is 1.38. The molecule has 0 aromatic carbocycles. The molecular formula is C11H16ClNO2S. The molecule has 0 fully saturated rings. The van der Waals surface area contributed by atoms with Gasteiger partial charge in [-0.1, -0.05) is 25.4 Å². The number of aliphatic hydroxyl groups excluding tert-OH is 1. The number of thiophene rings is 1. The van der Waals surface area contributed by atoms with Crippen molar-refractivity contribution < 1.29 is 9.90 Å². The van der Waals surface area contributed by atoms with Crippen molar-refractivity contribution >= 4 is 28.8 Å². The molecule has 0 radical (unpaired) electrons. The van der Waals surface area contributed by atoms with E-state index in [1.54, 1.807) is 11.4 Å². The van der Waals surface area contributed by atoms with Gasteiger partial charge in [-0.2, -0.15) is 0 Å². The average molecular weight is 262 g/mol. The number of halogens is 1. The molecule has 0 aliphatic heterocycles. The summed E-state index contributed by atoms with van der Waals surface area (Å²) in [5, 5.41) is 14.4. The Balaban J connectivity index is 2.81. The van der Waals surface area contributed by atoms with Gasteiger partial charge >= 0.3 is 0 Å². The minimum absolute atomic E-state index is 0.0608. The van der Waals surface area contributed by atoms with Gasteiger partial charge in [0, 0.05) is 0 Å². The summed E-state index contributed by atoms with van der Waals surface area (Å²) in [5.74, 6) is -0.210. The van der Waals surface area contributed by atoms with Crippen molar-refractivity contribution in [2.45, 2.75) is 32.2 Å². The van der Waals surface area contributed by atoms with Crippen LogP contribution in [0.1, 0.15) is 36.4 Å². The van der Waals surface area contributed by atoms with Crippen LogP contribution in [0.2, 0.25) is 5.02 Å². The van der Waals surface area contributed by atoms with Crippen molar-refractivity contribution in [2.24, 2.45) is 0 Å². The number of nitrogens with one attached hydrogen (secondary N) is 1. The molecule has 0 bridgehead atoms. The molecule has 0 aliphatic rings. The number of aliphatic hydroxyl groups is 1. The molecule has 5 heteroatoms. The van der Waals surface area contributed by atoms with Crippen LogP contribution >= 0.6 is 22.9 Å². The predicted octanol–water partition coefficient (Wildman–Crippen LogP) is 2.68. The first kappa shape index (κ1) is 13.5. The second-order valence-electron chi connectivity index (χ2n) is 3.70. The number of carbonyl (C=O) groups is 1. The number of amides is 1. The summed E-state index contributed by atoms with van der Waals surface area (Å²) >= 11 is 7.18. The number of carbonyl (C=O) groups excluding carboxylic acids is 1. The molecule has 1 rings (SSSR count). The zero-order chi connectivity index (χ0) is 12.2. The van der Waals surface area contributed by atoms with E-state index >= 15 is 0 Å². The third-order valence-electron chi connectivity index (χ3n) is 2.86. The van der Waals surface area contributed by atoms with Gasteiger partial charge in [0.25, 0.3) is 5.91 Å². The van der Waals surface area contributed by atoms with Crippen LogP contribution in [0.5, 0.6) is 0 Å². The quantitative estimate of drug-likeness (QED) is 0.856. The van der Waals surface area contributed by atoms with E-state index in [9.17, 15) is 9.90 Å². The smallest absolute Gasteiger partial charge is 0.263 e.